The number of hydrogen-bond acceptors (Lipinski definition) is 2. The van der Waals surface area contributed by atoms with Gasteiger partial charge in [0.15, 0.2) is 0 Å². The van der Waals surface area contributed by atoms with E-state index in [-0.39, 0.29) is 11.8 Å². The van der Waals surface area contributed by atoms with Crippen molar-refractivity contribution in [3.63, 3.8) is 0 Å². The predicted octanol–water partition coefficient (Wildman–Crippen LogP) is 1.08. The number of carbonyl (C=O) groups excluding carboxylic acids is 1. The summed E-state index contributed by atoms with van der Waals surface area (Å²) >= 11 is 0. The minimum atomic E-state index is -0.00935. The van der Waals surface area contributed by atoms with Crippen LogP contribution < -0.4 is 5.43 Å². The molecule has 0 radical (unpaired) electrons. The Morgan fingerprint density at radius 1 is 1.36 bits per heavy atom. The molecule has 3 heteroatoms. The van der Waals surface area contributed by atoms with Gasteiger partial charge >= 0.3 is 0 Å². The number of nitrogens with zero attached hydrogens (tertiary/aromatic N) is 1. The van der Waals surface area contributed by atoms with E-state index < -0.39 is 0 Å². The number of fused-ring (bicyclic) bond motifs is 3. The zero-order chi connectivity index (χ0) is 9.54. The molecule has 1 atom stereocenters. The molecular formula is C11H10N2O. The van der Waals surface area contributed by atoms with Crippen LogP contribution in [0.25, 0.3) is 0 Å². The van der Waals surface area contributed by atoms with E-state index in [0.717, 1.165) is 24.1 Å². The van der Waals surface area contributed by atoms with E-state index in [2.05, 4.69) is 16.6 Å². The second kappa shape index (κ2) is 2.67. The topological polar surface area (TPSA) is 41.5 Å². The zero-order valence-electron chi connectivity index (χ0n) is 7.66. The lowest BCUT2D eigenvalue weighted by Crippen LogP contribution is -2.27. The van der Waals surface area contributed by atoms with Crippen molar-refractivity contribution in [1.29, 1.82) is 0 Å². The van der Waals surface area contributed by atoms with Crippen molar-refractivity contribution in [2.75, 3.05) is 0 Å². The Hall–Kier alpha value is -1.64. The summed E-state index contributed by atoms with van der Waals surface area (Å²) < 4.78 is 0. The normalized spacial score (nSPS) is 23.6. The molecule has 0 bridgehead atoms. The lowest BCUT2D eigenvalue weighted by Gasteiger charge is -2.19. The molecule has 1 amide bonds. The number of rotatable bonds is 0. The fraction of sp³-hybridized carbons (Fsp3) is 0.273. The van der Waals surface area contributed by atoms with E-state index >= 15 is 0 Å². The number of nitrogens with one attached hydrogen (secondary N) is 1. The summed E-state index contributed by atoms with van der Waals surface area (Å²) in [5, 5.41) is 4.10. The van der Waals surface area contributed by atoms with Crippen LogP contribution in [0, 0.1) is 5.92 Å². The molecule has 3 nitrogen and oxygen atoms in total. The zero-order valence-corrected chi connectivity index (χ0v) is 7.66. The molecule has 1 heterocycles. The van der Waals surface area contributed by atoms with Gasteiger partial charge in [-0.2, -0.15) is 5.10 Å². The fourth-order valence-electron chi connectivity index (χ4n) is 2.20. The highest BCUT2D eigenvalue weighted by atomic mass is 16.2. The minimum absolute atomic E-state index is 0.00935. The Bertz CT molecular complexity index is 437. The highest BCUT2D eigenvalue weighted by molar-refractivity contribution is 6.17. The average Bonchev–Trinajstić information content (AvgIpc) is 2.61. The molecule has 1 aromatic rings. The quantitative estimate of drug-likeness (QED) is 0.647. The molecule has 3 rings (SSSR count). The van der Waals surface area contributed by atoms with Crippen LogP contribution in [0.2, 0.25) is 0 Å². The molecular weight excluding hydrogens is 176 g/mol. The summed E-state index contributed by atoms with van der Waals surface area (Å²) in [7, 11) is 0. The number of hydrazone groups is 1. The first-order valence-corrected chi connectivity index (χ1v) is 4.82. The average molecular weight is 186 g/mol. The number of amides is 1. The Morgan fingerprint density at radius 3 is 3.14 bits per heavy atom. The summed E-state index contributed by atoms with van der Waals surface area (Å²) in [6, 6.07) is 8.17. The van der Waals surface area contributed by atoms with Gasteiger partial charge in [-0.3, -0.25) is 4.79 Å². The van der Waals surface area contributed by atoms with Gasteiger partial charge in [0.1, 0.15) is 0 Å². The van der Waals surface area contributed by atoms with Crippen LogP contribution in [0.3, 0.4) is 0 Å². The Morgan fingerprint density at radius 2 is 2.21 bits per heavy atom. The molecule has 0 saturated carbocycles. The molecule has 0 spiro atoms. The van der Waals surface area contributed by atoms with Gasteiger partial charge in [0.2, 0.25) is 5.91 Å². The van der Waals surface area contributed by atoms with Crippen molar-refractivity contribution in [3.8, 4) is 0 Å². The Balaban J connectivity index is 2.15. The van der Waals surface area contributed by atoms with Crippen LogP contribution in [-0.2, 0) is 11.2 Å². The maximum Gasteiger partial charge on any atom is 0.249 e. The number of aryl methyl sites for hydroxylation is 1. The molecule has 2 aliphatic rings. The fourth-order valence-corrected chi connectivity index (χ4v) is 2.20. The van der Waals surface area contributed by atoms with Crippen molar-refractivity contribution in [3.05, 3.63) is 35.4 Å². The molecule has 1 aromatic carbocycles. The maximum atomic E-state index is 11.4. The third kappa shape index (κ3) is 0.923. The smallest absolute Gasteiger partial charge is 0.249 e. The van der Waals surface area contributed by atoms with Crippen molar-refractivity contribution in [2.45, 2.75) is 12.8 Å². The Kier molecular flexibility index (Phi) is 1.48. The summed E-state index contributed by atoms with van der Waals surface area (Å²) in [5.74, 6) is 0.0411. The van der Waals surface area contributed by atoms with Crippen LogP contribution in [0.15, 0.2) is 29.4 Å². The van der Waals surface area contributed by atoms with Gasteiger partial charge in [0, 0.05) is 5.56 Å². The second-order valence-corrected chi connectivity index (χ2v) is 3.72. The molecule has 70 valence electrons. The van der Waals surface area contributed by atoms with Gasteiger partial charge in [-0.1, -0.05) is 24.3 Å². The molecule has 1 aliphatic heterocycles. The van der Waals surface area contributed by atoms with Crippen molar-refractivity contribution in [1.82, 2.24) is 5.43 Å². The van der Waals surface area contributed by atoms with Crippen LogP contribution in [0.4, 0.5) is 0 Å². The monoisotopic (exact) mass is 186 g/mol. The van der Waals surface area contributed by atoms with Crippen LogP contribution >= 0.6 is 0 Å². The number of benzene rings is 1. The van der Waals surface area contributed by atoms with Crippen LogP contribution in [-0.4, -0.2) is 11.6 Å². The summed E-state index contributed by atoms with van der Waals surface area (Å²) in [6.07, 6.45) is 1.87. The van der Waals surface area contributed by atoms with E-state index in [1.807, 2.05) is 18.2 Å². The lowest BCUT2D eigenvalue weighted by molar-refractivity contribution is -0.122. The Labute approximate surface area is 81.8 Å². The van der Waals surface area contributed by atoms with Gasteiger partial charge in [-0.05, 0) is 18.4 Å². The largest absolute Gasteiger partial charge is 0.272 e. The van der Waals surface area contributed by atoms with Gasteiger partial charge in [-0.15, -0.1) is 0 Å². The highest BCUT2D eigenvalue weighted by Crippen LogP contribution is 2.28. The predicted molar refractivity (Wildman–Crippen MR) is 52.9 cm³/mol. The number of hydrogen-bond donors (Lipinski definition) is 1. The first kappa shape index (κ1) is 7.74. The molecule has 0 saturated heterocycles. The van der Waals surface area contributed by atoms with Gasteiger partial charge < -0.3 is 0 Å². The second-order valence-electron chi connectivity index (χ2n) is 3.72. The molecule has 14 heavy (non-hydrogen) atoms. The third-order valence-corrected chi connectivity index (χ3v) is 2.93. The number of carbonyl (C=O) groups is 1. The summed E-state index contributed by atoms with van der Waals surface area (Å²) in [6.45, 7) is 0. The first-order valence-electron chi connectivity index (χ1n) is 4.82. The van der Waals surface area contributed by atoms with E-state index in [1.165, 1.54) is 5.56 Å². The van der Waals surface area contributed by atoms with E-state index in [9.17, 15) is 4.79 Å². The van der Waals surface area contributed by atoms with Crippen molar-refractivity contribution in [2.24, 2.45) is 11.0 Å². The highest BCUT2D eigenvalue weighted by Gasteiger charge is 2.34. The van der Waals surface area contributed by atoms with E-state index in [1.54, 1.807) is 0 Å². The lowest BCUT2D eigenvalue weighted by atomic mass is 9.82. The van der Waals surface area contributed by atoms with E-state index in [4.69, 9.17) is 0 Å². The molecule has 0 aromatic heterocycles. The summed E-state index contributed by atoms with van der Waals surface area (Å²) in [5.41, 5.74) is 5.92. The molecule has 1 aliphatic carbocycles. The maximum absolute atomic E-state index is 11.4. The van der Waals surface area contributed by atoms with Crippen LogP contribution in [0.1, 0.15) is 17.5 Å². The van der Waals surface area contributed by atoms with Gasteiger partial charge in [-0.25, -0.2) is 5.43 Å². The van der Waals surface area contributed by atoms with Crippen molar-refractivity contribution >= 4 is 11.6 Å². The third-order valence-electron chi connectivity index (χ3n) is 2.93. The molecule has 0 fully saturated rings. The van der Waals surface area contributed by atoms with Gasteiger partial charge in [0.25, 0.3) is 0 Å². The first-order chi connectivity index (χ1) is 6.86. The van der Waals surface area contributed by atoms with E-state index in [0.29, 0.717) is 0 Å². The van der Waals surface area contributed by atoms with Crippen molar-refractivity contribution < 1.29 is 4.79 Å². The molecule has 0 unspecified atom stereocenters. The van der Waals surface area contributed by atoms with Crippen LogP contribution in [0.5, 0.6) is 0 Å². The van der Waals surface area contributed by atoms with Gasteiger partial charge in [0.05, 0.1) is 11.6 Å². The summed E-state index contributed by atoms with van der Waals surface area (Å²) in [4.78, 5) is 11.4. The molecule has 1 N–H and O–H groups in total. The standard InChI is InChI=1S/C11H10N2O/c14-11-9-6-5-7-3-1-2-4-8(7)10(9)12-13-11/h1-4,9H,5-6H2,(H,13,14)/t9-/m0/s1. The minimum Gasteiger partial charge on any atom is -0.272 e. The SMILES string of the molecule is O=C1NN=C2c3ccccc3CC[C@H]12.